The predicted octanol–water partition coefficient (Wildman–Crippen LogP) is -0.764. The largest absolute Gasteiger partial charge is 0.396 e. The summed E-state index contributed by atoms with van der Waals surface area (Å²) in [5, 5.41) is 37.6. The number of allylic oxidation sites excluding steroid dienone is 2. The van der Waals surface area contributed by atoms with Gasteiger partial charge in [0.1, 0.15) is 0 Å². The van der Waals surface area contributed by atoms with E-state index in [2.05, 4.69) is 0 Å². The molecule has 0 aliphatic heterocycles. The number of hydrogen-bond acceptors (Lipinski definition) is 4. The van der Waals surface area contributed by atoms with Crippen LogP contribution in [0, 0.1) is 35.5 Å². The Labute approximate surface area is 95.2 Å². The minimum Gasteiger partial charge on any atom is -0.396 e. The first-order valence-electron chi connectivity index (χ1n) is 5.90. The lowest BCUT2D eigenvalue weighted by Crippen LogP contribution is -2.52. The van der Waals surface area contributed by atoms with Gasteiger partial charge in [-0.15, -0.1) is 0 Å². The molecule has 0 spiro atoms. The Hall–Kier alpha value is -0.420. The minimum atomic E-state index is 0.0138. The first kappa shape index (κ1) is 12.0. The molecular formula is C12H20O4. The van der Waals surface area contributed by atoms with E-state index < -0.39 is 0 Å². The first-order chi connectivity index (χ1) is 7.78. The molecule has 92 valence electrons. The summed E-state index contributed by atoms with van der Waals surface area (Å²) in [6, 6.07) is 0. The second-order valence-electron chi connectivity index (χ2n) is 4.93. The summed E-state index contributed by atoms with van der Waals surface area (Å²) in [7, 11) is 0. The van der Waals surface area contributed by atoms with Crippen LogP contribution in [-0.4, -0.2) is 46.9 Å². The molecule has 0 radical (unpaired) electrons. The van der Waals surface area contributed by atoms with Crippen molar-refractivity contribution in [2.45, 2.75) is 0 Å². The van der Waals surface area contributed by atoms with Crippen LogP contribution in [0.25, 0.3) is 0 Å². The summed E-state index contributed by atoms with van der Waals surface area (Å²) in [6.07, 6.45) is 4.07. The quantitative estimate of drug-likeness (QED) is 0.477. The molecule has 0 aromatic heterocycles. The number of fused-ring (bicyclic) bond motifs is 2. The molecule has 0 amide bonds. The third kappa shape index (κ3) is 1.61. The highest BCUT2D eigenvalue weighted by Crippen LogP contribution is 2.50. The van der Waals surface area contributed by atoms with Gasteiger partial charge in [0.15, 0.2) is 0 Å². The fourth-order valence-corrected chi connectivity index (χ4v) is 3.63. The highest BCUT2D eigenvalue weighted by Gasteiger charge is 2.50. The van der Waals surface area contributed by atoms with Crippen molar-refractivity contribution in [1.82, 2.24) is 0 Å². The van der Waals surface area contributed by atoms with Gasteiger partial charge in [0.25, 0.3) is 0 Å². The molecule has 0 aromatic rings. The van der Waals surface area contributed by atoms with E-state index in [4.69, 9.17) is 0 Å². The Kier molecular flexibility index (Phi) is 3.64. The van der Waals surface area contributed by atoms with Gasteiger partial charge < -0.3 is 20.4 Å². The predicted molar refractivity (Wildman–Crippen MR) is 58.4 cm³/mol. The lowest BCUT2D eigenvalue weighted by molar-refractivity contribution is -0.0739. The van der Waals surface area contributed by atoms with Crippen molar-refractivity contribution < 1.29 is 20.4 Å². The zero-order valence-corrected chi connectivity index (χ0v) is 9.24. The third-order valence-corrected chi connectivity index (χ3v) is 4.48. The van der Waals surface area contributed by atoms with Gasteiger partial charge in [-0.1, -0.05) is 12.2 Å². The van der Waals surface area contributed by atoms with Gasteiger partial charge in [-0.05, 0) is 35.5 Å². The second-order valence-corrected chi connectivity index (χ2v) is 4.93. The van der Waals surface area contributed by atoms with Crippen LogP contribution in [-0.2, 0) is 0 Å². The second kappa shape index (κ2) is 4.84. The molecule has 1 saturated carbocycles. The summed E-state index contributed by atoms with van der Waals surface area (Å²) in [5.41, 5.74) is 0. The Balaban J connectivity index is 2.29. The van der Waals surface area contributed by atoms with Gasteiger partial charge in [0.05, 0.1) is 0 Å². The smallest absolute Gasteiger partial charge is 0.0468 e. The molecular weight excluding hydrogens is 208 g/mol. The van der Waals surface area contributed by atoms with Crippen molar-refractivity contribution in [2.75, 3.05) is 26.4 Å². The highest BCUT2D eigenvalue weighted by atomic mass is 16.3. The van der Waals surface area contributed by atoms with Crippen LogP contribution in [0.15, 0.2) is 12.2 Å². The molecule has 4 heteroatoms. The Bertz CT molecular complexity index is 220. The van der Waals surface area contributed by atoms with Gasteiger partial charge in [0.2, 0.25) is 0 Å². The zero-order chi connectivity index (χ0) is 11.7. The topological polar surface area (TPSA) is 80.9 Å². The number of aliphatic hydroxyl groups is 4. The average molecular weight is 228 g/mol. The summed E-state index contributed by atoms with van der Waals surface area (Å²) in [5.74, 6) is 0.211. The van der Waals surface area contributed by atoms with Gasteiger partial charge >= 0.3 is 0 Å². The van der Waals surface area contributed by atoms with Crippen LogP contribution < -0.4 is 0 Å². The maximum absolute atomic E-state index is 9.40. The Morgan fingerprint density at radius 2 is 0.812 bits per heavy atom. The van der Waals surface area contributed by atoms with E-state index in [0.29, 0.717) is 0 Å². The van der Waals surface area contributed by atoms with Gasteiger partial charge in [-0.2, -0.15) is 0 Å². The molecule has 4 N–H and O–H groups in total. The lowest BCUT2D eigenvalue weighted by Gasteiger charge is -2.52. The van der Waals surface area contributed by atoms with E-state index in [1.807, 2.05) is 12.2 Å². The number of rotatable bonds is 4. The number of aliphatic hydroxyl groups excluding tert-OH is 4. The normalized spacial score (nSPS) is 46.2. The molecule has 4 atom stereocenters. The van der Waals surface area contributed by atoms with Crippen molar-refractivity contribution in [3.05, 3.63) is 12.2 Å². The summed E-state index contributed by atoms with van der Waals surface area (Å²) in [4.78, 5) is 0. The van der Waals surface area contributed by atoms with E-state index >= 15 is 0 Å². The van der Waals surface area contributed by atoms with Crippen LogP contribution >= 0.6 is 0 Å². The van der Waals surface area contributed by atoms with Crippen LogP contribution in [0.4, 0.5) is 0 Å². The van der Waals surface area contributed by atoms with E-state index in [1.54, 1.807) is 0 Å². The van der Waals surface area contributed by atoms with Crippen LogP contribution in [0.1, 0.15) is 0 Å². The molecule has 3 aliphatic rings. The number of hydrogen-bond donors (Lipinski definition) is 4. The fourth-order valence-electron chi connectivity index (χ4n) is 3.63. The fraction of sp³-hybridized carbons (Fsp3) is 0.833. The van der Waals surface area contributed by atoms with E-state index in [9.17, 15) is 20.4 Å². The molecule has 0 aromatic carbocycles. The standard InChI is InChI=1S/C12H20O4/c13-3-9-7-1-2-8(11(9)5-15)12(6-16)10(7)4-14/h1-2,7-16H,3-6H2. The van der Waals surface area contributed by atoms with Crippen molar-refractivity contribution in [2.24, 2.45) is 35.5 Å². The monoisotopic (exact) mass is 228 g/mol. The first-order valence-corrected chi connectivity index (χ1v) is 5.90. The summed E-state index contributed by atoms with van der Waals surface area (Å²) < 4.78 is 0. The highest BCUT2D eigenvalue weighted by molar-refractivity contribution is 5.14. The molecule has 4 nitrogen and oxygen atoms in total. The minimum absolute atomic E-state index is 0.0138. The Morgan fingerprint density at radius 1 is 0.562 bits per heavy atom. The zero-order valence-electron chi connectivity index (χ0n) is 9.24. The molecule has 16 heavy (non-hydrogen) atoms. The molecule has 4 unspecified atom stereocenters. The molecule has 0 saturated heterocycles. The molecule has 0 heterocycles. The summed E-state index contributed by atoms with van der Waals surface area (Å²) in [6.45, 7) is 0.132. The molecule has 3 rings (SSSR count). The van der Waals surface area contributed by atoms with Crippen LogP contribution in [0.3, 0.4) is 0 Å². The van der Waals surface area contributed by atoms with Crippen LogP contribution in [0.5, 0.6) is 0 Å². The molecule has 2 bridgehead atoms. The van der Waals surface area contributed by atoms with Gasteiger partial charge in [-0.25, -0.2) is 0 Å². The lowest BCUT2D eigenvalue weighted by atomic mass is 9.54. The van der Waals surface area contributed by atoms with Crippen LogP contribution in [0.2, 0.25) is 0 Å². The SMILES string of the molecule is OCC1C2C=CC(C1CO)C(CO)C2CO. The maximum Gasteiger partial charge on any atom is 0.0468 e. The van der Waals surface area contributed by atoms with E-state index in [-0.39, 0.29) is 61.9 Å². The Morgan fingerprint density at radius 3 is 1.00 bits per heavy atom. The van der Waals surface area contributed by atoms with E-state index in [1.165, 1.54) is 0 Å². The van der Waals surface area contributed by atoms with Gasteiger partial charge in [0, 0.05) is 26.4 Å². The average Bonchev–Trinajstić information content (AvgIpc) is 2.36. The molecule has 3 aliphatic carbocycles. The molecule has 1 fully saturated rings. The summed E-state index contributed by atoms with van der Waals surface area (Å²) >= 11 is 0. The maximum atomic E-state index is 9.40. The third-order valence-electron chi connectivity index (χ3n) is 4.48. The van der Waals surface area contributed by atoms with E-state index in [0.717, 1.165) is 0 Å². The van der Waals surface area contributed by atoms with Crippen molar-refractivity contribution in [1.29, 1.82) is 0 Å². The van der Waals surface area contributed by atoms with Crippen molar-refractivity contribution in [3.63, 3.8) is 0 Å². The van der Waals surface area contributed by atoms with Gasteiger partial charge in [-0.3, -0.25) is 0 Å². The van der Waals surface area contributed by atoms with Crippen molar-refractivity contribution >= 4 is 0 Å². The van der Waals surface area contributed by atoms with Crippen molar-refractivity contribution in [3.8, 4) is 0 Å².